The van der Waals surface area contributed by atoms with Crippen molar-refractivity contribution in [2.75, 3.05) is 34.6 Å². The van der Waals surface area contributed by atoms with Crippen molar-refractivity contribution >= 4 is 56.9 Å². The molecule has 0 aliphatic heterocycles. The normalized spacial score (nSPS) is 12.9. The lowest BCUT2D eigenvalue weighted by atomic mass is 10.0. The van der Waals surface area contributed by atoms with E-state index in [4.69, 9.17) is 31.6 Å². The van der Waals surface area contributed by atoms with Crippen molar-refractivity contribution in [1.82, 2.24) is 5.32 Å². The van der Waals surface area contributed by atoms with Crippen LogP contribution in [0.2, 0.25) is 0 Å². The van der Waals surface area contributed by atoms with Crippen LogP contribution in [0.4, 0.5) is 26.3 Å². The Hall–Kier alpha value is -5.75. The van der Waals surface area contributed by atoms with Gasteiger partial charge in [0, 0.05) is 36.3 Å². The Kier molecular flexibility index (Phi) is 18.6. The standard InChI is InChI=1S/C21H22F3N3O2S.C20H20F3N3O2S/c1-14(15-9-7-10-17(12-15)21(22,23)24)26-29-13-16-8-5-6-11-18(16)19(27-28-3)20(25-2)30-4;1-13(14-8-6-9-16(11-14)20(21,22)23)25-28-12-15-7-4-5-10-17(15)18(26-27-3)19(29)24-2/h5-12H,13H2,1-4H3;4-11H,12H2,1-3H3,(H,24,29)/b25-20?,26-14+,27-19+;25-13+,26-18+. The van der Waals surface area contributed by atoms with Gasteiger partial charge in [-0.3, -0.25) is 4.99 Å². The molecule has 59 heavy (non-hydrogen) atoms. The molecule has 314 valence electrons. The predicted octanol–water partition coefficient (Wildman–Crippen LogP) is 9.93. The van der Waals surface area contributed by atoms with Crippen molar-refractivity contribution in [3.8, 4) is 0 Å². The largest absolute Gasteiger partial charge is 0.416 e. The molecule has 0 amide bonds. The molecule has 0 aliphatic rings. The monoisotopic (exact) mass is 860 g/mol. The van der Waals surface area contributed by atoms with Crippen molar-refractivity contribution in [2.45, 2.75) is 39.4 Å². The molecule has 18 heteroatoms. The number of thioether (sulfide) groups is 1. The van der Waals surface area contributed by atoms with Crippen LogP contribution < -0.4 is 5.32 Å². The Morgan fingerprint density at radius 3 is 1.46 bits per heavy atom. The van der Waals surface area contributed by atoms with Crippen LogP contribution in [-0.4, -0.2) is 67.4 Å². The minimum atomic E-state index is -4.42. The number of oxime groups is 4. The molecule has 0 bridgehead atoms. The average molecular weight is 861 g/mol. The van der Waals surface area contributed by atoms with E-state index in [0.717, 1.165) is 41.0 Å². The smallest absolute Gasteiger partial charge is 0.399 e. The molecule has 0 radical (unpaired) electrons. The summed E-state index contributed by atoms with van der Waals surface area (Å²) in [6, 6.07) is 24.5. The molecule has 0 aliphatic carbocycles. The maximum Gasteiger partial charge on any atom is 0.416 e. The second kappa shape index (κ2) is 23.0. The molecular weight excluding hydrogens is 819 g/mol. The third kappa shape index (κ3) is 14.2. The zero-order valence-electron chi connectivity index (χ0n) is 33.1. The molecule has 0 saturated heterocycles. The van der Waals surface area contributed by atoms with Crippen LogP contribution in [0.3, 0.4) is 0 Å². The van der Waals surface area contributed by atoms with E-state index < -0.39 is 23.5 Å². The number of rotatable bonds is 14. The van der Waals surface area contributed by atoms with Gasteiger partial charge in [0.25, 0.3) is 0 Å². The van der Waals surface area contributed by atoms with Gasteiger partial charge in [0.2, 0.25) is 0 Å². The first-order chi connectivity index (χ1) is 28.1. The summed E-state index contributed by atoms with van der Waals surface area (Å²) in [5, 5.41) is 19.5. The van der Waals surface area contributed by atoms with Crippen molar-refractivity contribution in [3.05, 3.63) is 142 Å². The average Bonchev–Trinajstić information content (AvgIpc) is 3.22. The Bertz CT molecular complexity index is 2190. The van der Waals surface area contributed by atoms with Crippen molar-refractivity contribution in [1.29, 1.82) is 0 Å². The van der Waals surface area contributed by atoms with Crippen LogP contribution in [0, 0.1) is 0 Å². The van der Waals surface area contributed by atoms with E-state index in [1.54, 1.807) is 40.1 Å². The topological polar surface area (TPSA) is 111 Å². The van der Waals surface area contributed by atoms with Gasteiger partial charge >= 0.3 is 12.4 Å². The van der Waals surface area contributed by atoms with Crippen LogP contribution in [-0.2, 0) is 44.9 Å². The summed E-state index contributed by atoms with van der Waals surface area (Å²) in [5.41, 5.74) is 3.82. The fourth-order valence-corrected chi connectivity index (χ4v) is 5.78. The first-order valence-electron chi connectivity index (χ1n) is 17.4. The number of hydrogen-bond acceptors (Lipinski definition) is 11. The number of nitrogens with zero attached hydrogens (tertiary/aromatic N) is 5. The van der Waals surface area contributed by atoms with Crippen LogP contribution in [0.15, 0.2) is 123 Å². The molecule has 0 atom stereocenters. The van der Waals surface area contributed by atoms with E-state index in [2.05, 4.69) is 30.9 Å². The SMILES string of the molecule is CN=C(SC)/C(=N/OC)c1ccccc1CO/N=C(\C)c1cccc(C(F)(F)F)c1.CNC(=S)/C(=N/OC)c1ccccc1CO/N=C(\C)c1cccc(C(F)(F)F)c1. The summed E-state index contributed by atoms with van der Waals surface area (Å²) in [4.78, 5) is 25.3. The molecule has 4 aromatic rings. The molecule has 0 aromatic heterocycles. The van der Waals surface area contributed by atoms with Crippen molar-refractivity contribution < 1.29 is 45.7 Å². The number of benzene rings is 4. The summed E-state index contributed by atoms with van der Waals surface area (Å²) < 4.78 is 77.3. The first kappa shape index (κ1) is 47.6. The quantitative estimate of drug-likeness (QED) is 0.0442. The van der Waals surface area contributed by atoms with Crippen LogP contribution in [0.1, 0.15) is 58.4 Å². The molecule has 4 rings (SSSR count). The molecule has 0 fully saturated rings. The highest BCUT2D eigenvalue weighted by atomic mass is 32.2. The van der Waals surface area contributed by atoms with E-state index in [-0.39, 0.29) is 13.2 Å². The summed E-state index contributed by atoms with van der Waals surface area (Å²) in [6.45, 7) is 3.34. The lowest BCUT2D eigenvalue weighted by Crippen LogP contribution is -2.27. The molecule has 1 N–H and O–H groups in total. The fourth-order valence-electron chi connectivity index (χ4n) is 5.11. The Morgan fingerprint density at radius 2 is 1.07 bits per heavy atom. The Balaban J connectivity index is 0.000000316. The highest BCUT2D eigenvalue weighted by Crippen LogP contribution is 2.31. The molecule has 0 spiro atoms. The lowest BCUT2D eigenvalue weighted by Gasteiger charge is -2.12. The first-order valence-corrected chi connectivity index (χ1v) is 19.0. The summed E-state index contributed by atoms with van der Waals surface area (Å²) in [7, 11) is 6.21. The maximum atomic E-state index is 12.9. The van der Waals surface area contributed by atoms with Gasteiger partial charge < -0.3 is 24.7 Å². The van der Waals surface area contributed by atoms with E-state index >= 15 is 0 Å². The lowest BCUT2D eigenvalue weighted by molar-refractivity contribution is -0.138. The third-order valence-corrected chi connectivity index (χ3v) is 9.17. The van der Waals surface area contributed by atoms with Gasteiger partial charge in [-0.15, -0.1) is 11.8 Å². The minimum Gasteiger partial charge on any atom is -0.399 e. The number of hydrogen-bond donors (Lipinski definition) is 1. The van der Waals surface area contributed by atoms with Crippen LogP contribution in [0.5, 0.6) is 0 Å². The van der Waals surface area contributed by atoms with E-state index in [9.17, 15) is 26.3 Å². The summed E-state index contributed by atoms with van der Waals surface area (Å²) in [6.07, 6.45) is -6.95. The Labute approximate surface area is 348 Å². The van der Waals surface area contributed by atoms with Gasteiger partial charge in [0.05, 0.1) is 22.6 Å². The van der Waals surface area contributed by atoms with Crippen molar-refractivity contribution in [2.24, 2.45) is 25.6 Å². The van der Waals surface area contributed by atoms with Gasteiger partial charge in [0.15, 0.2) is 0 Å². The summed E-state index contributed by atoms with van der Waals surface area (Å²) in [5.74, 6) is 0. The molecule has 0 heterocycles. The number of alkyl halides is 6. The van der Waals surface area contributed by atoms with Gasteiger partial charge in [-0.1, -0.05) is 106 Å². The number of likely N-dealkylation sites (N-methyl/N-ethyl adjacent to an activating group) is 1. The fraction of sp³-hybridized carbons (Fsp3) is 0.268. The van der Waals surface area contributed by atoms with Crippen LogP contribution >= 0.6 is 24.0 Å². The van der Waals surface area contributed by atoms with Gasteiger partial charge in [-0.05, 0) is 55.5 Å². The Morgan fingerprint density at radius 1 is 0.644 bits per heavy atom. The predicted molar refractivity (Wildman–Crippen MR) is 225 cm³/mol. The number of halogens is 6. The zero-order valence-corrected chi connectivity index (χ0v) is 34.7. The maximum absolute atomic E-state index is 12.9. The van der Waals surface area contributed by atoms with Crippen LogP contribution in [0.25, 0.3) is 0 Å². The molecule has 0 saturated carbocycles. The molecule has 0 unspecified atom stereocenters. The zero-order chi connectivity index (χ0) is 43.6. The second-order valence-electron chi connectivity index (χ2n) is 11.9. The van der Waals surface area contributed by atoms with E-state index in [1.165, 1.54) is 38.1 Å². The van der Waals surface area contributed by atoms with Gasteiger partial charge in [-0.2, -0.15) is 26.3 Å². The van der Waals surface area contributed by atoms with Gasteiger partial charge in [-0.25, -0.2) is 0 Å². The third-order valence-electron chi connectivity index (χ3n) is 8.01. The van der Waals surface area contributed by atoms with E-state index in [1.807, 2.05) is 54.8 Å². The molecule has 4 aromatic carbocycles. The minimum absolute atomic E-state index is 0.0710. The number of aliphatic imine (C=N–C) groups is 1. The highest BCUT2D eigenvalue weighted by molar-refractivity contribution is 8.15. The molecular formula is C41H42F6N6O4S2. The number of nitrogens with one attached hydrogen (secondary N) is 1. The highest BCUT2D eigenvalue weighted by Gasteiger charge is 2.31. The van der Waals surface area contributed by atoms with E-state index in [0.29, 0.717) is 49.6 Å². The molecule has 10 nitrogen and oxygen atoms in total. The van der Waals surface area contributed by atoms with Gasteiger partial charge in [0.1, 0.15) is 48.9 Å². The number of thiocarbonyl (C=S) groups is 1. The second-order valence-corrected chi connectivity index (χ2v) is 13.1. The summed E-state index contributed by atoms with van der Waals surface area (Å²) >= 11 is 6.69. The van der Waals surface area contributed by atoms with Crippen molar-refractivity contribution in [3.63, 3.8) is 0 Å².